The fourth-order valence-electron chi connectivity index (χ4n) is 2.90. The van der Waals surface area contributed by atoms with Gasteiger partial charge in [0.15, 0.2) is 0 Å². The van der Waals surface area contributed by atoms with Crippen LogP contribution in [0.3, 0.4) is 0 Å². The molecule has 3 rings (SSSR count). The molecule has 8 heteroatoms. The van der Waals surface area contributed by atoms with Crippen LogP contribution in [0.2, 0.25) is 0 Å². The summed E-state index contributed by atoms with van der Waals surface area (Å²) in [5, 5.41) is 9.13. The van der Waals surface area contributed by atoms with E-state index in [1.165, 1.54) is 20.2 Å². The van der Waals surface area contributed by atoms with E-state index in [9.17, 15) is 13.2 Å². The molecule has 28 heavy (non-hydrogen) atoms. The van der Waals surface area contributed by atoms with Crippen molar-refractivity contribution >= 4 is 33.0 Å². The Morgan fingerprint density at radius 2 is 1.79 bits per heavy atom. The van der Waals surface area contributed by atoms with Crippen LogP contribution >= 0.6 is 0 Å². The van der Waals surface area contributed by atoms with E-state index in [1.807, 2.05) is 24.1 Å². The summed E-state index contributed by atoms with van der Waals surface area (Å²) in [4.78, 5) is 12.7. The van der Waals surface area contributed by atoms with Gasteiger partial charge in [0.2, 0.25) is 10.0 Å². The number of hydrogen-bond acceptors (Lipinski definition) is 5. The van der Waals surface area contributed by atoms with Gasteiger partial charge in [-0.05, 0) is 55.8 Å². The zero-order valence-corrected chi connectivity index (χ0v) is 17.2. The zero-order chi connectivity index (χ0) is 20.5. The van der Waals surface area contributed by atoms with E-state index in [-0.39, 0.29) is 10.8 Å². The van der Waals surface area contributed by atoms with Gasteiger partial charge in [0.05, 0.1) is 10.6 Å². The SMILES string of the molecule is CC1=NN(c2ccc(C(=O)Nc3ccc(C)c(S(=O)(=O)N(C)C)c3)cc2)CC1. The van der Waals surface area contributed by atoms with Gasteiger partial charge in [0.1, 0.15) is 0 Å². The third-order valence-electron chi connectivity index (χ3n) is 4.61. The first-order valence-corrected chi connectivity index (χ1v) is 10.4. The Hall–Kier alpha value is -2.71. The lowest BCUT2D eigenvalue weighted by Crippen LogP contribution is -2.23. The van der Waals surface area contributed by atoms with Crippen LogP contribution in [0.25, 0.3) is 0 Å². The summed E-state index contributed by atoms with van der Waals surface area (Å²) >= 11 is 0. The number of nitrogens with zero attached hydrogens (tertiary/aromatic N) is 3. The fourth-order valence-corrected chi connectivity index (χ4v) is 4.05. The normalized spacial score (nSPS) is 14.3. The highest BCUT2D eigenvalue weighted by Crippen LogP contribution is 2.24. The fraction of sp³-hybridized carbons (Fsp3) is 0.300. The van der Waals surface area contributed by atoms with E-state index in [1.54, 1.807) is 31.2 Å². The van der Waals surface area contributed by atoms with Gasteiger partial charge in [-0.1, -0.05) is 6.07 Å². The predicted octanol–water partition coefficient (Wildman–Crippen LogP) is 3.08. The standard InChI is InChI=1S/C20H24N4O3S/c1-14-5-8-17(13-19(14)28(26,27)23(3)4)21-20(25)16-6-9-18(10-7-16)24-12-11-15(2)22-24/h5-10,13H,11-12H2,1-4H3,(H,21,25). The number of amides is 1. The summed E-state index contributed by atoms with van der Waals surface area (Å²) < 4.78 is 26.0. The number of carbonyl (C=O) groups is 1. The lowest BCUT2D eigenvalue weighted by molar-refractivity contribution is 0.102. The molecule has 7 nitrogen and oxygen atoms in total. The van der Waals surface area contributed by atoms with Crippen molar-refractivity contribution in [1.82, 2.24) is 4.31 Å². The molecule has 1 aliphatic rings. The molecule has 0 unspecified atom stereocenters. The van der Waals surface area contributed by atoms with Gasteiger partial charge in [0.25, 0.3) is 5.91 Å². The first kappa shape index (κ1) is 20.0. The van der Waals surface area contributed by atoms with Crippen LogP contribution in [0.1, 0.15) is 29.3 Å². The molecule has 0 aromatic heterocycles. The molecular formula is C20H24N4O3S. The smallest absolute Gasteiger partial charge is 0.255 e. The highest BCUT2D eigenvalue weighted by molar-refractivity contribution is 7.89. The minimum Gasteiger partial charge on any atom is -0.322 e. The second-order valence-corrected chi connectivity index (χ2v) is 9.10. The molecule has 2 aromatic carbocycles. The van der Waals surface area contributed by atoms with E-state index in [0.29, 0.717) is 16.8 Å². The molecule has 2 aromatic rings. The molecule has 0 radical (unpaired) electrons. The monoisotopic (exact) mass is 400 g/mol. The Balaban J connectivity index is 1.78. The number of nitrogens with one attached hydrogen (secondary N) is 1. The number of benzene rings is 2. The largest absolute Gasteiger partial charge is 0.322 e. The Morgan fingerprint density at radius 3 is 2.36 bits per heavy atom. The van der Waals surface area contributed by atoms with E-state index in [2.05, 4.69) is 10.4 Å². The van der Waals surface area contributed by atoms with Crippen LogP contribution in [-0.4, -0.2) is 45.0 Å². The minimum atomic E-state index is -3.59. The number of anilines is 2. The molecule has 0 saturated carbocycles. The van der Waals surface area contributed by atoms with Gasteiger partial charge in [-0.3, -0.25) is 9.80 Å². The highest BCUT2D eigenvalue weighted by Gasteiger charge is 2.20. The summed E-state index contributed by atoms with van der Waals surface area (Å²) in [5.74, 6) is -0.301. The van der Waals surface area contributed by atoms with Crippen molar-refractivity contribution in [1.29, 1.82) is 0 Å². The molecular weight excluding hydrogens is 376 g/mol. The van der Waals surface area contributed by atoms with Crippen LogP contribution in [0.4, 0.5) is 11.4 Å². The van der Waals surface area contributed by atoms with E-state index < -0.39 is 10.0 Å². The molecule has 1 heterocycles. The van der Waals surface area contributed by atoms with Crippen molar-refractivity contribution in [2.24, 2.45) is 5.10 Å². The Kier molecular flexibility index (Phi) is 5.53. The van der Waals surface area contributed by atoms with E-state index >= 15 is 0 Å². The van der Waals surface area contributed by atoms with Crippen LogP contribution in [0.5, 0.6) is 0 Å². The van der Waals surface area contributed by atoms with Crippen molar-refractivity contribution in [2.45, 2.75) is 25.2 Å². The van der Waals surface area contributed by atoms with Gasteiger partial charge < -0.3 is 5.32 Å². The Labute approximate surface area is 165 Å². The first-order chi connectivity index (χ1) is 13.2. The Morgan fingerprint density at radius 1 is 1.11 bits per heavy atom. The average molecular weight is 401 g/mol. The summed E-state index contributed by atoms with van der Waals surface area (Å²) in [6.45, 7) is 4.56. The molecule has 148 valence electrons. The third-order valence-corrected chi connectivity index (χ3v) is 6.57. The number of carbonyl (C=O) groups excluding carboxylic acids is 1. The maximum Gasteiger partial charge on any atom is 0.255 e. The molecule has 1 N–H and O–H groups in total. The topological polar surface area (TPSA) is 82.1 Å². The lowest BCUT2D eigenvalue weighted by Gasteiger charge is -2.15. The maximum atomic E-state index is 12.6. The van der Waals surface area contributed by atoms with E-state index in [4.69, 9.17) is 0 Å². The maximum absolute atomic E-state index is 12.6. The Bertz CT molecular complexity index is 1030. The second-order valence-electron chi connectivity index (χ2n) is 6.98. The molecule has 0 spiro atoms. The number of hydrazone groups is 1. The van der Waals surface area contributed by atoms with Gasteiger partial charge in [-0.15, -0.1) is 0 Å². The molecule has 1 amide bonds. The van der Waals surface area contributed by atoms with Crippen molar-refractivity contribution < 1.29 is 13.2 Å². The summed E-state index contributed by atoms with van der Waals surface area (Å²) in [5.41, 5.74) is 3.56. The second kappa shape index (κ2) is 7.73. The molecule has 1 aliphatic heterocycles. The van der Waals surface area contributed by atoms with Crippen molar-refractivity contribution in [3.8, 4) is 0 Å². The molecule has 0 atom stereocenters. The number of aryl methyl sites for hydroxylation is 1. The van der Waals surface area contributed by atoms with E-state index in [0.717, 1.165) is 28.7 Å². The number of sulfonamides is 1. The summed E-state index contributed by atoms with van der Waals surface area (Å²) in [6.07, 6.45) is 0.938. The van der Waals surface area contributed by atoms with Gasteiger partial charge >= 0.3 is 0 Å². The van der Waals surface area contributed by atoms with Gasteiger partial charge in [0, 0.05) is 44.0 Å². The van der Waals surface area contributed by atoms with Crippen LogP contribution in [0, 0.1) is 6.92 Å². The minimum absolute atomic E-state index is 0.174. The van der Waals surface area contributed by atoms with Crippen molar-refractivity contribution in [3.05, 3.63) is 53.6 Å². The molecule has 0 aliphatic carbocycles. The zero-order valence-electron chi connectivity index (χ0n) is 16.4. The van der Waals surface area contributed by atoms with Crippen LogP contribution in [0.15, 0.2) is 52.5 Å². The highest BCUT2D eigenvalue weighted by atomic mass is 32.2. The lowest BCUT2D eigenvalue weighted by atomic mass is 10.1. The number of rotatable bonds is 5. The molecule has 0 saturated heterocycles. The van der Waals surface area contributed by atoms with Gasteiger partial charge in [-0.25, -0.2) is 12.7 Å². The predicted molar refractivity (Wildman–Crippen MR) is 112 cm³/mol. The molecule has 0 bridgehead atoms. The summed E-state index contributed by atoms with van der Waals surface area (Å²) in [7, 11) is -0.627. The summed E-state index contributed by atoms with van der Waals surface area (Å²) in [6, 6.07) is 12.0. The third kappa shape index (κ3) is 4.07. The average Bonchev–Trinajstić information content (AvgIpc) is 3.09. The first-order valence-electron chi connectivity index (χ1n) is 8.94. The van der Waals surface area contributed by atoms with Crippen molar-refractivity contribution in [3.63, 3.8) is 0 Å². The molecule has 0 fully saturated rings. The van der Waals surface area contributed by atoms with Crippen LogP contribution in [-0.2, 0) is 10.0 Å². The van der Waals surface area contributed by atoms with Crippen molar-refractivity contribution in [2.75, 3.05) is 31.0 Å². The van der Waals surface area contributed by atoms with Crippen LogP contribution < -0.4 is 10.3 Å². The number of hydrogen-bond donors (Lipinski definition) is 1. The quantitative estimate of drug-likeness (QED) is 0.836. The van der Waals surface area contributed by atoms with Gasteiger partial charge in [-0.2, -0.15) is 5.10 Å².